The number of rotatable bonds is 1. The van der Waals surface area contributed by atoms with E-state index in [0.29, 0.717) is 15.9 Å². The van der Waals surface area contributed by atoms with Crippen molar-refractivity contribution in [3.63, 3.8) is 0 Å². The smallest absolute Gasteiger partial charge is 0.326 e. The predicted octanol–water partition coefficient (Wildman–Crippen LogP) is 2.13. The molecule has 0 aliphatic carbocycles. The summed E-state index contributed by atoms with van der Waals surface area (Å²) in [5, 5.41) is 10.7. The summed E-state index contributed by atoms with van der Waals surface area (Å²) in [6.45, 7) is 1.29. The van der Waals surface area contributed by atoms with Gasteiger partial charge in [-0.2, -0.15) is 0 Å². The Kier molecular flexibility index (Phi) is 2.55. The second-order valence-electron chi connectivity index (χ2n) is 3.59. The highest BCUT2D eigenvalue weighted by Gasteiger charge is 2.22. The highest BCUT2D eigenvalue weighted by molar-refractivity contribution is 6.31. The second kappa shape index (κ2) is 3.78. The predicted molar refractivity (Wildman–Crippen MR) is 63.6 cm³/mol. The van der Waals surface area contributed by atoms with Crippen molar-refractivity contribution in [2.75, 3.05) is 0 Å². The van der Waals surface area contributed by atoms with Gasteiger partial charge in [-0.3, -0.25) is 4.79 Å². The summed E-state index contributed by atoms with van der Waals surface area (Å²) in [6.07, 6.45) is 0. The first kappa shape index (κ1) is 11.5. The molecule has 0 aliphatic heterocycles. The zero-order chi connectivity index (χ0) is 12.7. The molecule has 0 saturated carbocycles. The van der Waals surface area contributed by atoms with Gasteiger partial charge in [0.2, 0.25) is 5.88 Å². The molecule has 2 aromatic rings. The number of hydrogen-bond acceptors (Lipinski definition) is 3. The number of fused-ring (bicyclic) bond motifs is 1. The highest BCUT2D eigenvalue weighted by Crippen LogP contribution is 2.32. The quantitative estimate of drug-likeness (QED) is 0.763. The Morgan fingerprint density at radius 1 is 1.41 bits per heavy atom. The van der Waals surface area contributed by atoms with E-state index in [0.717, 1.165) is 4.57 Å². The first-order valence-corrected chi connectivity index (χ1v) is 5.15. The van der Waals surface area contributed by atoms with E-state index < -0.39 is 11.9 Å². The van der Waals surface area contributed by atoms with Crippen LogP contribution in [0.4, 0.5) is 4.79 Å². The van der Waals surface area contributed by atoms with Crippen molar-refractivity contribution in [1.29, 1.82) is 0 Å². The van der Waals surface area contributed by atoms with Gasteiger partial charge in [0.25, 0.3) is 0 Å². The minimum atomic E-state index is -0.859. The number of hydrogen-bond donors (Lipinski definition) is 2. The molecule has 0 radical (unpaired) electrons. The standard InChI is InChI=1S/C11H9ClN2O3/c1-5(15)9-7-4-6(12)2-3-8(7)14(10(9)16)11(13)17/h2-4,16H,1H3,(H2,13,17). The Morgan fingerprint density at radius 3 is 2.59 bits per heavy atom. The third kappa shape index (κ3) is 1.64. The van der Waals surface area contributed by atoms with Crippen molar-refractivity contribution >= 4 is 34.3 Å². The molecule has 17 heavy (non-hydrogen) atoms. The number of nitrogens with two attached hydrogens (primary N) is 1. The lowest BCUT2D eigenvalue weighted by Gasteiger charge is -2.00. The van der Waals surface area contributed by atoms with Gasteiger partial charge in [-0.15, -0.1) is 0 Å². The number of Topliss-reactive ketones (excluding diaryl/α,β-unsaturated/α-hetero) is 1. The van der Waals surface area contributed by atoms with Crippen molar-refractivity contribution in [2.45, 2.75) is 6.92 Å². The minimum Gasteiger partial charge on any atom is -0.494 e. The summed E-state index contributed by atoms with van der Waals surface area (Å²) in [5.74, 6) is -0.822. The van der Waals surface area contributed by atoms with Crippen molar-refractivity contribution in [2.24, 2.45) is 5.73 Å². The molecule has 1 aromatic carbocycles. The molecule has 0 saturated heterocycles. The van der Waals surface area contributed by atoms with Gasteiger partial charge in [0.05, 0.1) is 11.1 Å². The zero-order valence-electron chi connectivity index (χ0n) is 8.90. The number of carbonyl (C=O) groups excluding carboxylic acids is 2. The summed E-state index contributed by atoms with van der Waals surface area (Å²) < 4.78 is 0.877. The molecule has 0 fully saturated rings. The summed E-state index contributed by atoms with van der Waals surface area (Å²) >= 11 is 5.82. The number of carbonyl (C=O) groups is 2. The minimum absolute atomic E-state index is 0.0429. The molecule has 0 aliphatic rings. The highest BCUT2D eigenvalue weighted by atomic mass is 35.5. The van der Waals surface area contributed by atoms with E-state index in [4.69, 9.17) is 17.3 Å². The average molecular weight is 253 g/mol. The molecule has 2 rings (SSSR count). The van der Waals surface area contributed by atoms with Crippen LogP contribution in [0.2, 0.25) is 5.02 Å². The summed E-state index contributed by atoms with van der Waals surface area (Å²) in [7, 11) is 0. The SMILES string of the molecule is CC(=O)c1c(O)n(C(N)=O)c2ccc(Cl)cc12. The van der Waals surface area contributed by atoms with Crippen LogP contribution in [0.1, 0.15) is 17.3 Å². The van der Waals surface area contributed by atoms with E-state index >= 15 is 0 Å². The van der Waals surface area contributed by atoms with Gasteiger partial charge in [0.15, 0.2) is 5.78 Å². The molecular formula is C11H9ClN2O3. The topological polar surface area (TPSA) is 85.3 Å². The normalized spacial score (nSPS) is 10.7. The van der Waals surface area contributed by atoms with Crippen LogP contribution in [0.5, 0.6) is 5.88 Å². The van der Waals surface area contributed by atoms with Crippen molar-refractivity contribution in [1.82, 2.24) is 4.57 Å². The van der Waals surface area contributed by atoms with Crippen LogP contribution in [0.25, 0.3) is 10.9 Å². The Balaban J connectivity index is 2.98. The number of halogens is 1. The van der Waals surface area contributed by atoms with Gasteiger partial charge in [-0.05, 0) is 25.1 Å². The molecule has 88 valence electrons. The van der Waals surface area contributed by atoms with Crippen LogP contribution >= 0.6 is 11.6 Å². The van der Waals surface area contributed by atoms with Gasteiger partial charge in [0.1, 0.15) is 0 Å². The fourth-order valence-electron chi connectivity index (χ4n) is 1.82. The number of ketones is 1. The largest absolute Gasteiger partial charge is 0.494 e. The lowest BCUT2D eigenvalue weighted by atomic mass is 10.1. The molecule has 0 unspecified atom stereocenters. The van der Waals surface area contributed by atoms with E-state index in [1.807, 2.05) is 0 Å². The van der Waals surface area contributed by atoms with E-state index in [1.165, 1.54) is 19.1 Å². The van der Waals surface area contributed by atoms with Gasteiger partial charge in [0, 0.05) is 10.4 Å². The number of primary amides is 1. The van der Waals surface area contributed by atoms with Crippen LogP contribution in [0, 0.1) is 0 Å². The number of aromatic hydroxyl groups is 1. The number of benzene rings is 1. The number of amides is 1. The average Bonchev–Trinajstić information content (AvgIpc) is 2.48. The van der Waals surface area contributed by atoms with Crippen LogP contribution in [-0.4, -0.2) is 21.5 Å². The Morgan fingerprint density at radius 2 is 2.06 bits per heavy atom. The maximum atomic E-state index is 11.5. The zero-order valence-corrected chi connectivity index (χ0v) is 9.65. The molecule has 0 bridgehead atoms. The fourth-order valence-corrected chi connectivity index (χ4v) is 1.99. The molecule has 1 aromatic heterocycles. The van der Waals surface area contributed by atoms with Gasteiger partial charge in [-0.25, -0.2) is 9.36 Å². The van der Waals surface area contributed by atoms with E-state index in [2.05, 4.69) is 0 Å². The molecule has 0 spiro atoms. The Labute approximate surface area is 101 Å². The first-order valence-electron chi connectivity index (χ1n) is 4.77. The van der Waals surface area contributed by atoms with Crippen molar-refractivity contribution < 1.29 is 14.7 Å². The molecule has 6 heteroatoms. The van der Waals surface area contributed by atoms with Gasteiger partial charge in [-0.1, -0.05) is 11.6 Å². The number of nitrogens with zero attached hydrogens (tertiary/aromatic N) is 1. The maximum absolute atomic E-state index is 11.5. The van der Waals surface area contributed by atoms with Crippen LogP contribution < -0.4 is 5.73 Å². The van der Waals surface area contributed by atoms with Gasteiger partial charge < -0.3 is 10.8 Å². The summed E-state index contributed by atoms with van der Waals surface area (Å²) in [6, 6.07) is 3.72. The fraction of sp³-hybridized carbons (Fsp3) is 0.0909. The monoisotopic (exact) mass is 252 g/mol. The third-order valence-electron chi connectivity index (χ3n) is 2.48. The third-order valence-corrected chi connectivity index (χ3v) is 2.71. The van der Waals surface area contributed by atoms with E-state index in [1.54, 1.807) is 6.07 Å². The van der Waals surface area contributed by atoms with E-state index in [-0.39, 0.29) is 11.3 Å². The Bertz CT molecular complexity index is 646. The van der Waals surface area contributed by atoms with Crippen molar-refractivity contribution in [3.05, 3.63) is 28.8 Å². The first-order chi connectivity index (χ1) is 7.93. The lowest BCUT2D eigenvalue weighted by Crippen LogP contribution is -2.18. The molecule has 5 nitrogen and oxygen atoms in total. The molecule has 3 N–H and O–H groups in total. The van der Waals surface area contributed by atoms with Crippen LogP contribution in [0.15, 0.2) is 18.2 Å². The van der Waals surface area contributed by atoms with Gasteiger partial charge >= 0.3 is 6.03 Å². The van der Waals surface area contributed by atoms with Crippen LogP contribution in [-0.2, 0) is 0 Å². The Hall–Kier alpha value is -2.01. The molecule has 1 heterocycles. The van der Waals surface area contributed by atoms with Crippen LogP contribution in [0.3, 0.4) is 0 Å². The molecule has 1 amide bonds. The van der Waals surface area contributed by atoms with E-state index in [9.17, 15) is 14.7 Å². The molecular weight excluding hydrogens is 244 g/mol. The van der Waals surface area contributed by atoms with Crippen molar-refractivity contribution in [3.8, 4) is 5.88 Å². The summed E-state index contributed by atoms with van der Waals surface area (Å²) in [5.41, 5.74) is 5.55. The maximum Gasteiger partial charge on any atom is 0.326 e. The lowest BCUT2D eigenvalue weighted by molar-refractivity contribution is 0.101. The second-order valence-corrected chi connectivity index (χ2v) is 4.03. The summed E-state index contributed by atoms with van der Waals surface area (Å²) in [4.78, 5) is 22.7. The molecule has 0 atom stereocenters. The number of aromatic nitrogens is 1.